The number of hydrogen-bond donors (Lipinski definition) is 2. The first-order valence-corrected chi connectivity index (χ1v) is 7.13. The molecule has 0 saturated heterocycles. The Balaban J connectivity index is 1.74. The number of aromatic nitrogens is 1. The third kappa shape index (κ3) is 5.00. The SMILES string of the molecule is Cc1ccc(C)c(NC(=O)CCNCc2ccccn2)c1. The van der Waals surface area contributed by atoms with Gasteiger partial charge in [-0.3, -0.25) is 9.78 Å². The van der Waals surface area contributed by atoms with E-state index in [-0.39, 0.29) is 5.91 Å². The quantitative estimate of drug-likeness (QED) is 0.802. The summed E-state index contributed by atoms with van der Waals surface area (Å²) in [4.78, 5) is 16.1. The van der Waals surface area contributed by atoms with E-state index in [1.165, 1.54) is 0 Å². The second-order valence-electron chi connectivity index (χ2n) is 5.11. The Bertz CT molecular complexity index is 596. The van der Waals surface area contributed by atoms with Gasteiger partial charge in [0.05, 0.1) is 5.69 Å². The smallest absolute Gasteiger partial charge is 0.225 e. The number of carbonyl (C=O) groups excluding carboxylic acids is 1. The molecule has 0 spiro atoms. The molecule has 0 aliphatic rings. The molecule has 1 aromatic carbocycles. The van der Waals surface area contributed by atoms with Crippen LogP contribution in [0.5, 0.6) is 0 Å². The zero-order valence-corrected chi connectivity index (χ0v) is 12.5. The molecule has 1 amide bonds. The number of rotatable bonds is 6. The molecule has 0 aliphatic carbocycles. The maximum absolute atomic E-state index is 11.9. The molecule has 4 nitrogen and oxygen atoms in total. The lowest BCUT2D eigenvalue weighted by Crippen LogP contribution is -2.22. The highest BCUT2D eigenvalue weighted by Crippen LogP contribution is 2.16. The summed E-state index contributed by atoms with van der Waals surface area (Å²) in [5.41, 5.74) is 4.09. The monoisotopic (exact) mass is 283 g/mol. The lowest BCUT2D eigenvalue weighted by molar-refractivity contribution is -0.116. The molecule has 0 fully saturated rings. The van der Waals surface area contributed by atoms with E-state index in [4.69, 9.17) is 0 Å². The van der Waals surface area contributed by atoms with Crippen molar-refractivity contribution in [3.63, 3.8) is 0 Å². The van der Waals surface area contributed by atoms with Crippen LogP contribution >= 0.6 is 0 Å². The van der Waals surface area contributed by atoms with E-state index in [2.05, 4.69) is 15.6 Å². The maximum Gasteiger partial charge on any atom is 0.225 e. The number of benzene rings is 1. The van der Waals surface area contributed by atoms with Crippen molar-refractivity contribution in [1.82, 2.24) is 10.3 Å². The van der Waals surface area contributed by atoms with Gasteiger partial charge in [0.1, 0.15) is 0 Å². The first kappa shape index (κ1) is 15.2. The van der Waals surface area contributed by atoms with Gasteiger partial charge in [-0.1, -0.05) is 18.2 Å². The number of amides is 1. The first-order valence-electron chi connectivity index (χ1n) is 7.13. The van der Waals surface area contributed by atoms with Gasteiger partial charge < -0.3 is 10.6 Å². The Morgan fingerprint density at radius 2 is 2.05 bits per heavy atom. The van der Waals surface area contributed by atoms with E-state index in [0.717, 1.165) is 22.5 Å². The topological polar surface area (TPSA) is 54.0 Å². The van der Waals surface area contributed by atoms with E-state index in [0.29, 0.717) is 19.5 Å². The minimum Gasteiger partial charge on any atom is -0.326 e. The van der Waals surface area contributed by atoms with Crippen LogP contribution in [0.2, 0.25) is 0 Å². The second kappa shape index (κ2) is 7.55. The summed E-state index contributed by atoms with van der Waals surface area (Å²) in [5.74, 6) is 0.0252. The molecular weight excluding hydrogens is 262 g/mol. The zero-order chi connectivity index (χ0) is 15.1. The fourth-order valence-electron chi connectivity index (χ4n) is 2.00. The van der Waals surface area contributed by atoms with E-state index in [9.17, 15) is 4.79 Å². The van der Waals surface area contributed by atoms with Crippen molar-refractivity contribution >= 4 is 11.6 Å². The number of pyridine rings is 1. The molecule has 2 N–H and O–H groups in total. The number of aryl methyl sites for hydroxylation is 2. The minimum absolute atomic E-state index is 0.0252. The van der Waals surface area contributed by atoms with Crippen molar-refractivity contribution in [1.29, 1.82) is 0 Å². The van der Waals surface area contributed by atoms with Crippen molar-refractivity contribution < 1.29 is 4.79 Å². The van der Waals surface area contributed by atoms with Gasteiger partial charge in [-0.2, -0.15) is 0 Å². The molecule has 0 radical (unpaired) electrons. The lowest BCUT2D eigenvalue weighted by atomic mass is 10.1. The summed E-state index contributed by atoms with van der Waals surface area (Å²) in [6.45, 7) is 5.32. The van der Waals surface area contributed by atoms with Crippen LogP contribution in [-0.2, 0) is 11.3 Å². The summed E-state index contributed by atoms with van der Waals surface area (Å²) in [6.07, 6.45) is 2.21. The van der Waals surface area contributed by atoms with E-state index in [1.54, 1.807) is 6.20 Å². The van der Waals surface area contributed by atoms with Crippen LogP contribution in [0.3, 0.4) is 0 Å². The van der Waals surface area contributed by atoms with Gasteiger partial charge in [-0.15, -0.1) is 0 Å². The molecule has 4 heteroatoms. The highest BCUT2D eigenvalue weighted by Gasteiger charge is 2.04. The number of carbonyl (C=O) groups is 1. The third-order valence-corrected chi connectivity index (χ3v) is 3.23. The largest absolute Gasteiger partial charge is 0.326 e. The predicted octanol–water partition coefficient (Wildman–Crippen LogP) is 2.82. The summed E-state index contributed by atoms with van der Waals surface area (Å²) in [7, 11) is 0. The Kier molecular flexibility index (Phi) is 5.46. The van der Waals surface area contributed by atoms with Crippen LogP contribution in [0.15, 0.2) is 42.6 Å². The molecule has 2 aromatic rings. The van der Waals surface area contributed by atoms with E-state index < -0.39 is 0 Å². The van der Waals surface area contributed by atoms with Gasteiger partial charge in [-0.25, -0.2) is 0 Å². The van der Waals surface area contributed by atoms with E-state index >= 15 is 0 Å². The predicted molar refractivity (Wildman–Crippen MR) is 85.1 cm³/mol. The number of anilines is 1. The van der Waals surface area contributed by atoms with Crippen LogP contribution in [-0.4, -0.2) is 17.4 Å². The molecule has 0 aliphatic heterocycles. The molecule has 1 aromatic heterocycles. The Morgan fingerprint density at radius 1 is 1.19 bits per heavy atom. The second-order valence-corrected chi connectivity index (χ2v) is 5.11. The first-order chi connectivity index (χ1) is 10.1. The van der Waals surface area contributed by atoms with Gasteiger partial charge >= 0.3 is 0 Å². The highest BCUT2D eigenvalue weighted by atomic mass is 16.1. The van der Waals surface area contributed by atoms with Gasteiger partial charge in [0.25, 0.3) is 0 Å². The van der Waals surface area contributed by atoms with Crippen LogP contribution in [0, 0.1) is 13.8 Å². The summed E-state index contributed by atoms with van der Waals surface area (Å²) >= 11 is 0. The van der Waals surface area contributed by atoms with Crippen molar-refractivity contribution in [2.24, 2.45) is 0 Å². The Labute approximate surface area is 125 Å². The van der Waals surface area contributed by atoms with Crippen LogP contribution in [0.4, 0.5) is 5.69 Å². The fourth-order valence-corrected chi connectivity index (χ4v) is 2.00. The zero-order valence-electron chi connectivity index (χ0n) is 12.5. The van der Waals surface area contributed by atoms with Gasteiger partial charge in [0.2, 0.25) is 5.91 Å². The molecule has 0 unspecified atom stereocenters. The molecule has 2 rings (SSSR count). The van der Waals surface area contributed by atoms with Gasteiger partial charge in [-0.05, 0) is 43.2 Å². The molecular formula is C17H21N3O. The maximum atomic E-state index is 11.9. The fraction of sp³-hybridized carbons (Fsp3) is 0.294. The highest BCUT2D eigenvalue weighted by molar-refractivity contribution is 5.91. The molecule has 0 saturated carbocycles. The van der Waals surface area contributed by atoms with Crippen LogP contribution in [0.25, 0.3) is 0 Å². The standard InChI is InChI=1S/C17H21N3O/c1-13-6-7-14(2)16(11-13)20-17(21)8-10-18-12-15-5-3-4-9-19-15/h3-7,9,11,18H,8,10,12H2,1-2H3,(H,20,21). The summed E-state index contributed by atoms with van der Waals surface area (Å²) < 4.78 is 0. The lowest BCUT2D eigenvalue weighted by Gasteiger charge is -2.09. The Morgan fingerprint density at radius 3 is 2.81 bits per heavy atom. The van der Waals surface area contributed by atoms with Crippen molar-refractivity contribution in [3.05, 3.63) is 59.4 Å². The molecule has 0 atom stereocenters. The number of nitrogens with one attached hydrogen (secondary N) is 2. The normalized spacial score (nSPS) is 10.4. The van der Waals surface area contributed by atoms with Crippen LogP contribution < -0.4 is 10.6 Å². The molecule has 1 heterocycles. The number of hydrogen-bond acceptors (Lipinski definition) is 3. The molecule has 110 valence electrons. The third-order valence-electron chi connectivity index (χ3n) is 3.23. The Hall–Kier alpha value is -2.20. The average molecular weight is 283 g/mol. The molecule has 21 heavy (non-hydrogen) atoms. The van der Waals surface area contributed by atoms with Gasteiger partial charge in [0.15, 0.2) is 0 Å². The van der Waals surface area contributed by atoms with Crippen molar-refractivity contribution in [2.45, 2.75) is 26.8 Å². The number of nitrogens with zero attached hydrogens (tertiary/aromatic N) is 1. The van der Waals surface area contributed by atoms with Crippen molar-refractivity contribution in [2.75, 3.05) is 11.9 Å². The van der Waals surface area contributed by atoms with E-state index in [1.807, 2.05) is 50.2 Å². The molecule has 0 bridgehead atoms. The van der Waals surface area contributed by atoms with Gasteiger partial charge in [0, 0.05) is 31.4 Å². The summed E-state index contributed by atoms with van der Waals surface area (Å²) in [6, 6.07) is 11.9. The van der Waals surface area contributed by atoms with Crippen LogP contribution in [0.1, 0.15) is 23.2 Å². The van der Waals surface area contributed by atoms with Crippen molar-refractivity contribution in [3.8, 4) is 0 Å². The average Bonchev–Trinajstić information content (AvgIpc) is 2.48. The minimum atomic E-state index is 0.0252. The summed E-state index contributed by atoms with van der Waals surface area (Å²) in [5, 5.41) is 6.18.